The van der Waals surface area contributed by atoms with Crippen LogP contribution in [-0.4, -0.2) is 22.2 Å². The van der Waals surface area contributed by atoms with Crippen molar-refractivity contribution >= 4 is 28.3 Å². The summed E-state index contributed by atoms with van der Waals surface area (Å²) in [4.78, 5) is 12.2. The zero-order chi connectivity index (χ0) is 18.0. The molecule has 3 rings (SSSR count). The van der Waals surface area contributed by atoms with Crippen LogP contribution in [0, 0.1) is 0 Å². The molecule has 0 aliphatic carbocycles. The summed E-state index contributed by atoms with van der Waals surface area (Å²) in [5.41, 5.74) is 0.296. The van der Waals surface area contributed by atoms with Crippen molar-refractivity contribution in [2.75, 3.05) is 6.54 Å². The lowest BCUT2D eigenvalue weighted by molar-refractivity contribution is 0.0939. The smallest absolute Gasteiger partial charge is 0.282 e. The molecule has 7 heteroatoms. The molecule has 0 saturated carbocycles. The molecule has 1 aromatic heterocycles. The third kappa shape index (κ3) is 3.64. The SMILES string of the molecule is Cn1cc(C(=O)NCCc2c(Cl)ccc3ccccc23)c(C(F)F)n1. The van der Waals surface area contributed by atoms with Gasteiger partial charge in [-0.25, -0.2) is 8.78 Å². The normalized spacial score (nSPS) is 11.2. The number of fused-ring (bicyclic) bond motifs is 1. The largest absolute Gasteiger partial charge is 0.352 e. The number of hydrogen-bond acceptors (Lipinski definition) is 2. The van der Waals surface area contributed by atoms with Gasteiger partial charge in [0.15, 0.2) is 0 Å². The lowest BCUT2D eigenvalue weighted by atomic mass is 10.0. The Hall–Kier alpha value is -2.47. The topological polar surface area (TPSA) is 46.9 Å². The first-order valence-electron chi connectivity index (χ1n) is 7.73. The summed E-state index contributed by atoms with van der Waals surface area (Å²) in [7, 11) is 1.50. The molecular formula is C18H16ClF2N3O. The molecule has 0 unspecified atom stereocenters. The van der Waals surface area contributed by atoms with E-state index >= 15 is 0 Å². The van der Waals surface area contributed by atoms with Crippen molar-refractivity contribution in [3.8, 4) is 0 Å². The van der Waals surface area contributed by atoms with Crippen molar-refractivity contribution in [2.24, 2.45) is 7.05 Å². The zero-order valence-corrected chi connectivity index (χ0v) is 14.2. The van der Waals surface area contributed by atoms with E-state index < -0.39 is 18.0 Å². The Balaban J connectivity index is 1.74. The van der Waals surface area contributed by atoms with Gasteiger partial charge in [-0.1, -0.05) is 41.9 Å². The van der Waals surface area contributed by atoms with Gasteiger partial charge in [0.1, 0.15) is 5.69 Å². The monoisotopic (exact) mass is 363 g/mol. The Bertz CT molecular complexity index is 924. The molecule has 4 nitrogen and oxygen atoms in total. The molecule has 1 N–H and O–H groups in total. The number of benzene rings is 2. The van der Waals surface area contributed by atoms with Gasteiger partial charge in [-0.15, -0.1) is 0 Å². The van der Waals surface area contributed by atoms with E-state index in [2.05, 4.69) is 10.4 Å². The first kappa shape index (κ1) is 17.4. The van der Waals surface area contributed by atoms with Gasteiger partial charge in [0, 0.05) is 24.8 Å². The number of alkyl halides is 2. The Kier molecular flexibility index (Phi) is 4.99. The second-order valence-corrected chi connectivity index (χ2v) is 6.06. The summed E-state index contributed by atoms with van der Waals surface area (Å²) < 4.78 is 27.1. The molecular weight excluding hydrogens is 348 g/mol. The molecule has 0 aliphatic heterocycles. The van der Waals surface area contributed by atoms with E-state index in [1.807, 2.05) is 36.4 Å². The van der Waals surface area contributed by atoms with Gasteiger partial charge in [-0.2, -0.15) is 5.10 Å². The summed E-state index contributed by atoms with van der Waals surface area (Å²) in [6.07, 6.45) is -1.01. The van der Waals surface area contributed by atoms with Crippen molar-refractivity contribution in [3.05, 3.63) is 64.4 Å². The molecule has 3 aromatic rings. The van der Waals surface area contributed by atoms with Crippen LogP contribution >= 0.6 is 11.6 Å². The summed E-state index contributed by atoms with van der Waals surface area (Å²) >= 11 is 6.28. The number of amides is 1. The lowest BCUT2D eigenvalue weighted by Crippen LogP contribution is -2.26. The Labute approximate surface area is 148 Å². The fourth-order valence-electron chi connectivity index (χ4n) is 2.80. The van der Waals surface area contributed by atoms with Crippen molar-refractivity contribution in [1.82, 2.24) is 15.1 Å². The highest BCUT2D eigenvalue weighted by atomic mass is 35.5. The Morgan fingerprint density at radius 2 is 2.04 bits per heavy atom. The molecule has 0 bridgehead atoms. The molecule has 0 fully saturated rings. The van der Waals surface area contributed by atoms with Crippen molar-refractivity contribution in [3.63, 3.8) is 0 Å². The number of aromatic nitrogens is 2. The first-order valence-corrected chi connectivity index (χ1v) is 8.11. The average molecular weight is 364 g/mol. The Morgan fingerprint density at radius 1 is 1.28 bits per heavy atom. The van der Waals surface area contributed by atoms with Crippen LogP contribution in [0.3, 0.4) is 0 Å². The van der Waals surface area contributed by atoms with Crippen LogP contribution in [0.1, 0.15) is 28.0 Å². The van der Waals surface area contributed by atoms with Gasteiger partial charge in [0.2, 0.25) is 0 Å². The number of aryl methyl sites for hydroxylation is 1. The van der Waals surface area contributed by atoms with Gasteiger partial charge in [0.05, 0.1) is 5.56 Å². The number of carbonyl (C=O) groups is 1. The molecule has 1 heterocycles. The predicted octanol–water partition coefficient (Wildman–Crippen LogP) is 4.14. The standard InChI is InChI=1S/C18H16ClF2N3O/c1-24-10-14(16(23-24)17(20)21)18(25)22-9-8-13-12-5-3-2-4-11(12)6-7-15(13)19/h2-7,10,17H,8-9H2,1H3,(H,22,25). The first-order chi connectivity index (χ1) is 12.0. The van der Waals surface area contributed by atoms with E-state index in [0.29, 0.717) is 11.4 Å². The molecule has 25 heavy (non-hydrogen) atoms. The van der Waals surface area contributed by atoms with E-state index in [4.69, 9.17) is 11.6 Å². The maximum absolute atomic E-state index is 12.9. The molecule has 0 aliphatic rings. The van der Waals surface area contributed by atoms with Gasteiger partial charge >= 0.3 is 0 Å². The number of carbonyl (C=O) groups excluding carboxylic acids is 1. The van der Waals surface area contributed by atoms with Gasteiger partial charge in [-0.05, 0) is 28.8 Å². The maximum atomic E-state index is 12.9. The Morgan fingerprint density at radius 3 is 2.80 bits per heavy atom. The van der Waals surface area contributed by atoms with Crippen molar-refractivity contribution in [2.45, 2.75) is 12.8 Å². The lowest BCUT2D eigenvalue weighted by Gasteiger charge is -2.10. The van der Waals surface area contributed by atoms with Crippen LogP contribution in [0.25, 0.3) is 10.8 Å². The zero-order valence-electron chi connectivity index (χ0n) is 13.5. The summed E-state index contributed by atoms with van der Waals surface area (Å²) in [6, 6.07) is 11.6. The number of nitrogens with one attached hydrogen (secondary N) is 1. The summed E-state index contributed by atoms with van der Waals surface area (Å²) in [5.74, 6) is -0.570. The molecule has 1 amide bonds. The fourth-order valence-corrected chi connectivity index (χ4v) is 3.06. The average Bonchev–Trinajstić information content (AvgIpc) is 2.99. The van der Waals surface area contributed by atoms with Crippen molar-refractivity contribution < 1.29 is 13.6 Å². The van der Waals surface area contributed by atoms with E-state index in [-0.39, 0.29) is 12.1 Å². The van der Waals surface area contributed by atoms with Crippen LogP contribution in [0.4, 0.5) is 8.78 Å². The molecule has 0 atom stereocenters. The molecule has 130 valence electrons. The van der Waals surface area contributed by atoms with Crippen LogP contribution < -0.4 is 5.32 Å². The number of hydrogen-bond donors (Lipinski definition) is 1. The number of nitrogens with zero attached hydrogens (tertiary/aromatic N) is 2. The second kappa shape index (κ2) is 7.19. The molecule has 0 radical (unpaired) electrons. The van der Waals surface area contributed by atoms with Crippen LogP contribution in [-0.2, 0) is 13.5 Å². The second-order valence-electron chi connectivity index (χ2n) is 5.66. The minimum absolute atomic E-state index is 0.110. The van der Waals surface area contributed by atoms with E-state index in [9.17, 15) is 13.6 Å². The van der Waals surface area contributed by atoms with E-state index in [0.717, 1.165) is 16.3 Å². The summed E-state index contributed by atoms with van der Waals surface area (Å²) in [6.45, 7) is 0.282. The highest BCUT2D eigenvalue weighted by Gasteiger charge is 2.22. The highest BCUT2D eigenvalue weighted by Crippen LogP contribution is 2.26. The third-order valence-electron chi connectivity index (χ3n) is 3.95. The number of halogens is 3. The molecule has 0 saturated heterocycles. The minimum atomic E-state index is -2.80. The van der Waals surface area contributed by atoms with E-state index in [1.54, 1.807) is 0 Å². The fraction of sp³-hybridized carbons (Fsp3) is 0.222. The van der Waals surface area contributed by atoms with Crippen LogP contribution in [0.2, 0.25) is 5.02 Å². The molecule has 0 spiro atoms. The van der Waals surface area contributed by atoms with Gasteiger partial charge in [0.25, 0.3) is 12.3 Å². The highest BCUT2D eigenvalue weighted by molar-refractivity contribution is 6.32. The third-order valence-corrected chi connectivity index (χ3v) is 4.31. The predicted molar refractivity (Wildman–Crippen MR) is 93.2 cm³/mol. The number of rotatable bonds is 5. The van der Waals surface area contributed by atoms with E-state index in [1.165, 1.54) is 17.9 Å². The van der Waals surface area contributed by atoms with Crippen LogP contribution in [0.5, 0.6) is 0 Å². The quantitative estimate of drug-likeness (QED) is 0.740. The minimum Gasteiger partial charge on any atom is -0.352 e. The maximum Gasteiger partial charge on any atom is 0.282 e. The van der Waals surface area contributed by atoms with Crippen LogP contribution in [0.15, 0.2) is 42.6 Å². The summed E-state index contributed by atoms with van der Waals surface area (Å²) in [5, 5.41) is 8.98. The van der Waals surface area contributed by atoms with Gasteiger partial charge in [-0.3, -0.25) is 9.48 Å². The van der Waals surface area contributed by atoms with Crippen molar-refractivity contribution in [1.29, 1.82) is 0 Å². The van der Waals surface area contributed by atoms with Gasteiger partial charge < -0.3 is 5.32 Å². The molecule has 2 aromatic carbocycles.